The van der Waals surface area contributed by atoms with E-state index >= 15 is 0 Å². The monoisotopic (exact) mass is 374 g/mol. The van der Waals surface area contributed by atoms with Gasteiger partial charge in [0.1, 0.15) is 4.75 Å². The third-order valence-electron chi connectivity index (χ3n) is 3.73. The van der Waals surface area contributed by atoms with Gasteiger partial charge < -0.3 is 0 Å². The van der Waals surface area contributed by atoms with E-state index in [1.165, 1.54) is 26.7 Å². The lowest BCUT2D eigenvalue weighted by molar-refractivity contribution is 0.903. The van der Waals surface area contributed by atoms with Crippen LogP contribution in [-0.4, -0.2) is 0 Å². The van der Waals surface area contributed by atoms with Crippen LogP contribution in [0, 0.1) is 0 Å². The zero-order valence-electron chi connectivity index (χ0n) is 12.3. The fourth-order valence-electron chi connectivity index (χ4n) is 2.73. The first-order valence-electron chi connectivity index (χ1n) is 7.17. The first-order chi connectivity index (χ1) is 11.4. The van der Waals surface area contributed by atoms with E-state index < -0.39 is 0 Å². The third-order valence-corrected chi connectivity index (χ3v) is 8.37. The molecule has 0 N–H and O–H groups in total. The van der Waals surface area contributed by atoms with Crippen LogP contribution in [0.25, 0.3) is 0 Å². The first-order valence-corrected chi connectivity index (χ1v) is 11.5. The Balaban J connectivity index is 2.25. The lowest BCUT2D eigenvalue weighted by Gasteiger charge is -2.34. The summed E-state index contributed by atoms with van der Waals surface area (Å²) in [7, 11) is 10.6. The zero-order chi connectivity index (χ0) is 16.0. The molecular weight excluding hydrogens is 360 g/mol. The van der Waals surface area contributed by atoms with Crippen molar-refractivity contribution in [1.29, 1.82) is 0 Å². The van der Waals surface area contributed by atoms with Crippen molar-refractivity contribution < 1.29 is 0 Å². The van der Waals surface area contributed by atoms with Crippen LogP contribution < -0.4 is 0 Å². The maximum atomic E-state index is 5.93. The van der Waals surface area contributed by atoms with Gasteiger partial charge in [-0.15, -0.1) is 0 Å². The molecule has 4 heteroatoms. The summed E-state index contributed by atoms with van der Waals surface area (Å²) in [6, 6.07) is 31.8. The molecule has 0 nitrogen and oxygen atoms in total. The quantitative estimate of drug-likeness (QED) is 0.331. The van der Waals surface area contributed by atoms with Crippen molar-refractivity contribution in [3.63, 3.8) is 0 Å². The normalized spacial score (nSPS) is 11.3. The second-order valence-electron chi connectivity index (χ2n) is 4.99. The highest BCUT2D eigenvalue weighted by Gasteiger charge is 2.37. The highest BCUT2D eigenvalue weighted by Crippen LogP contribution is 2.56. The molecule has 0 heterocycles. The summed E-state index contributed by atoms with van der Waals surface area (Å²) in [6.45, 7) is 0. The van der Waals surface area contributed by atoms with Crippen LogP contribution in [-0.2, 0) is 4.75 Å². The maximum Gasteiger partial charge on any atom is 0.102 e. The highest BCUT2D eigenvalue weighted by molar-refractivity contribution is 9.13. The van der Waals surface area contributed by atoms with Crippen molar-refractivity contribution in [3.8, 4) is 0 Å². The molecule has 0 bridgehead atoms. The van der Waals surface area contributed by atoms with E-state index in [4.69, 9.17) is 10.7 Å². The van der Waals surface area contributed by atoms with Crippen LogP contribution in [0.15, 0.2) is 91.0 Å². The summed E-state index contributed by atoms with van der Waals surface area (Å²) >= 11 is 0. The Bertz CT molecular complexity index is 621. The highest BCUT2D eigenvalue weighted by atomic mass is 35.7. The van der Waals surface area contributed by atoms with Crippen molar-refractivity contribution in [3.05, 3.63) is 108 Å². The SMILES string of the molecule is ClSSSC(c1ccccc1)(c1ccccc1)c1ccccc1. The molecular formula is C19H15ClS3. The van der Waals surface area contributed by atoms with Gasteiger partial charge in [-0.1, -0.05) is 102 Å². The molecule has 3 aromatic rings. The second kappa shape index (κ2) is 8.20. The van der Waals surface area contributed by atoms with Gasteiger partial charge in [-0.3, -0.25) is 0 Å². The molecule has 3 aromatic carbocycles. The molecule has 0 saturated heterocycles. The minimum Gasteiger partial charge on any atom is -0.0622 e. The van der Waals surface area contributed by atoms with Gasteiger partial charge in [0.05, 0.1) is 0 Å². The van der Waals surface area contributed by atoms with Gasteiger partial charge in [-0.25, -0.2) is 0 Å². The Labute approximate surface area is 153 Å². The van der Waals surface area contributed by atoms with E-state index in [9.17, 15) is 0 Å². The van der Waals surface area contributed by atoms with Gasteiger partial charge in [-0.05, 0) is 37.2 Å². The largest absolute Gasteiger partial charge is 0.102 e. The van der Waals surface area contributed by atoms with Gasteiger partial charge in [0.2, 0.25) is 0 Å². The molecule has 0 unspecified atom stereocenters. The standard InChI is InChI=1S/C19H15ClS3/c20-22-23-21-19(16-10-4-1-5-11-16,17-12-6-2-7-13-17)18-14-8-3-9-15-18/h1-15H. The summed E-state index contributed by atoms with van der Waals surface area (Å²) in [6.07, 6.45) is 0. The Kier molecular flexibility index (Phi) is 6.01. The van der Waals surface area contributed by atoms with Crippen molar-refractivity contribution in [2.45, 2.75) is 4.75 Å². The molecule has 3 rings (SSSR count). The average molecular weight is 375 g/mol. The van der Waals surface area contributed by atoms with Crippen LogP contribution in [0.5, 0.6) is 0 Å². The minimum atomic E-state index is -0.295. The Morgan fingerprint density at radius 3 is 1.22 bits per heavy atom. The van der Waals surface area contributed by atoms with E-state index in [-0.39, 0.29) is 4.75 Å². The third kappa shape index (κ3) is 3.58. The summed E-state index contributed by atoms with van der Waals surface area (Å²) in [5.41, 5.74) is 3.75. The topological polar surface area (TPSA) is 0 Å². The number of hydrogen-bond acceptors (Lipinski definition) is 3. The van der Waals surface area contributed by atoms with Crippen LogP contribution in [0.4, 0.5) is 0 Å². The van der Waals surface area contributed by atoms with Crippen molar-refractivity contribution in [2.75, 3.05) is 0 Å². The van der Waals surface area contributed by atoms with Gasteiger partial charge in [0.15, 0.2) is 0 Å². The van der Waals surface area contributed by atoms with Crippen LogP contribution in [0.2, 0.25) is 0 Å². The van der Waals surface area contributed by atoms with Crippen LogP contribution >= 0.6 is 41.3 Å². The molecule has 23 heavy (non-hydrogen) atoms. The van der Waals surface area contributed by atoms with E-state index in [1.807, 2.05) is 0 Å². The van der Waals surface area contributed by atoms with Gasteiger partial charge in [0, 0.05) is 10.0 Å². The number of rotatable bonds is 6. The Hall–Kier alpha value is -1.00. The average Bonchev–Trinajstić information content (AvgIpc) is 2.65. The Morgan fingerprint density at radius 1 is 0.565 bits per heavy atom. The van der Waals surface area contributed by atoms with Gasteiger partial charge in [-0.2, -0.15) is 0 Å². The van der Waals surface area contributed by atoms with Crippen LogP contribution in [0.1, 0.15) is 16.7 Å². The molecule has 0 aromatic heterocycles. The molecule has 0 aliphatic rings. The van der Waals surface area contributed by atoms with Crippen molar-refractivity contribution in [2.24, 2.45) is 0 Å². The summed E-state index contributed by atoms with van der Waals surface area (Å²) in [4.78, 5) is 0. The van der Waals surface area contributed by atoms with E-state index in [2.05, 4.69) is 91.0 Å². The lowest BCUT2D eigenvalue weighted by atomic mass is 9.84. The molecule has 0 aliphatic carbocycles. The molecule has 0 spiro atoms. The van der Waals surface area contributed by atoms with Gasteiger partial charge in [0.25, 0.3) is 0 Å². The first kappa shape index (κ1) is 16.8. The molecule has 0 saturated carbocycles. The second-order valence-corrected chi connectivity index (χ2v) is 9.68. The predicted molar refractivity (Wildman–Crippen MR) is 108 cm³/mol. The number of benzene rings is 3. The summed E-state index contributed by atoms with van der Waals surface area (Å²) < 4.78 is -0.295. The maximum absolute atomic E-state index is 5.93. The predicted octanol–water partition coefficient (Wildman–Crippen LogP) is 7.16. The molecule has 0 fully saturated rings. The lowest BCUT2D eigenvalue weighted by Crippen LogP contribution is -2.24. The molecule has 0 atom stereocenters. The summed E-state index contributed by atoms with van der Waals surface area (Å²) in [5, 5.41) is 0. The fraction of sp³-hybridized carbons (Fsp3) is 0.0526. The van der Waals surface area contributed by atoms with E-state index in [0.717, 1.165) is 0 Å². The number of hydrogen-bond donors (Lipinski definition) is 0. The Morgan fingerprint density at radius 2 is 0.913 bits per heavy atom. The minimum absolute atomic E-state index is 0.295. The van der Waals surface area contributed by atoms with Crippen molar-refractivity contribution in [1.82, 2.24) is 0 Å². The molecule has 116 valence electrons. The molecule has 0 aliphatic heterocycles. The van der Waals surface area contributed by atoms with E-state index in [1.54, 1.807) is 20.6 Å². The zero-order valence-corrected chi connectivity index (χ0v) is 15.5. The molecule has 0 amide bonds. The summed E-state index contributed by atoms with van der Waals surface area (Å²) in [5.74, 6) is 0. The number of halogens is 1. The van der Waals surface area contributed by atoms with Crippen LogP contribution in [0.3, 0.4) is 0 Å². The van der Waals surface area contributed by atoms with Gasteiger partial charge >= 0.3 is 0 Å². The van der Waals surface area contributed by atoms with E-state index in [0.29, 0.717) is 0 Å². The fourth-order valence-corrected chi connectivity index (χ4v) is 6.65. The smallest absolute Gasteiger partial charge is 0.0622 e. The molecule has 0 radical (unpaired) electrons. The van der Waals surface area contributed by atoms with Crippen molar-refractivity contribution >= 4 is 41.3 Å².